The van der Waals surface area contributed by atoms with Gasteiger partial charge in [0.05, 0.1) is 7.11 Å². The lowest BCUT2D eigenvalue weighted by Gasteiger charge is -2.33. The summed E-state index contributed by atoms with van der Waals surface area (Å²) in [5.41, 5.74) is -0.704. The van der Waals surface area contributed by atoms with Crippen LogP contribution in [-0.2, 0) is 19.1 Å². The van der Waals surface area contributed by atoms with Crippen molar-refractivity contribution >= 4 is 18.3 Å². The van der Waals surface area contributed by atoms with Gasteiger partial charge in [0.1, 0.15) is 11.6 Å². The number of nitrogens with one attached hydrogen (secondary N) is 1. The molecule has 3 aliphatic carbocycles. The lowest BCUT2D eigenvalue weighted by Crippen LogP contribution is -2.56. The van der Waals surface area contributed by atoms with Gasteiger partial charge in [-0.15, -0.1) is 0 Å². The largest absolute Gasteiger partial charge is 0.467 e. The Kier molecular flexibility index (Phi) is 3.68. The van der Waals surface area contributed by atoms with Crippen LogP contribution in [0.15, 0.2) is 0 Å². The Labute approximate surface area is 148 Å². The fourth-order valence-corrected chi connectivity index (χ4v) is 6.11. The van der Waals surface area contributed by atoms with Crippen LogP contribution in [0.1, 0.15) is 46.0 Å². The molecule has 0 spiro atoms. The topological polar surface area (TPSA) is 75.7 Å². The monoisotopic (exact) mass is 348 g/mol. The molecule has 1 heterocycles. The lowest BCUT2D eigenvalue weighted by atomic mass is 9.98. The SMILES string of the molecule is COC(=O)[C@@H]1C2C(CN1C(=O)C1(NC=O)C3CCCCCC31)C2(C)C. The number of nitrogens with zero attached hydrogens (tertiary/aromatic N) is 1. The van der Waals surface area contributed by atoms with Crippen LogP contribution in [0.2, 0.25) is 0 Å². The maximum atomic E-state index is 13.5. The van der Waals surface area contributed by atoms with E-state index in [1.54, 1.807) is 4.90 Å². The van der Waals surface area contributed by atoms with E-state index in [4.69, 9.17) is 4.74 Å². The molecule has 2 amide bonds. The van der Waals surface area contributed by atoms with Gasteiger partial charge in [-0.05, 0) is 36.0 Å². The van der Waals surface area contributed by atoms with E-state index in [9.17, 15) is 14.4 Å². The number of methoxy groups -OCH3 is 1. The zero-order valence-corrected chi connectivity index (χ0v) is 15.3. The number of fused-ring (bicyclic) bond motifs is 2. The first-order valence-corrected chi connectivity index (χ1v) is 9.51. The molecule has 6 heteroatoms. The molecule has 0 radical (unpaired) electrons. The molecule has 138 valence electrons. The maximum absolute atomic E-state index is 13.5. The Hall–Kier alpha value is -1.59. The summed E-state index contributed by atoms with van der Waals surface area (Å²) >= 11 is 0. The molecule has 4 unspecified atom stereocenters. The van der Waals surface area contributed by atoms with E-state index in [0.717, 1.165) is 25.7 Å². The maximum Gasteiger partial charge on any atom is 0.328 e. The average Bonchev–Trinajstić information content (AvgIpc) is 3.31. The molecule has 1 N–H and O–H groups in total. The summed E-state index contributed by atoms with van der Waals surface area (Å²) in [6.07, 6.45) is 6.04. The first-order valence-electron chi connectivity index (χ1n) is 9.51. The summed E-state index contributed by atoms with van der Waals surface area (Å²) in [6.45, 7) is 4.90. The lowest BCUT2D eigenvalue weighted by molar-refractivity contribution is -0.154. The van der Waals surface area contributed by atoms with Gasteiger partial charge >= 0.3 is 5.97 Å². The van der Waals surface area contributed by atoms with E-state index in [2.05, 4.69) is 19.2 Å². The van der Waals surface area contributed by atoms with Gasteiger partial charge in [0.25, 0.3) is 0 Å². The van der Waals surface area contributed by atoms with Crippen LogP contribution < -0.4 is 5.32 Å². The number of ether oxygens (including phenoxy) is 1. The van der Waals surface area contributed by atoms with Crippen LogP contribution in [-0.4, -0.2) is 48.4 Å². The van der Waals surface area contributed by atoms with Gasteiger partial charge in [0.2, 0.25) is 12.3 Å². The second-order valence-corrected chi connectivity index (χ2v) is 8.86. The number of amides is 2. The van der Waals surface area contributed by atoms with Crippen LogP contribution in [0, 0.1) is 29.1 Å². The highest BCUT2D eigenvalue weighted by Crippen LogP contribution is 2.66. The van der Waals surface area contributed by atoms with Crippen molar-refractivity contribution in [2.45, 2.75) is 57.5 Å². The van der Waals surface area contributed by atoms with Crippen LogP contribution in [0.4, 0.5) is 0 Å². The molecule has 0 aromatic heterocycles. The fourth-order valence-electron chi connectivity index (χ4n) is 6.11. The van der Waals surface area contributed by atoms with Crippen molar-refractivity contribution in [3.05, 3.63) is 0 Å². The summed E-state index contributed by atoms with van der Waals surface area (Å²) < 4.78 is 5.01. The molecular weight excluding hydrogens is 320 g/mol. The molecule has 0 aromatic rings. The number of hydrogen-bond acceptors (Lipinski definition) is 4. The second kappa shape index (κ2) is 5.45. The molecule has 1 saturated heterocycles. The molecule has 4 aliphatic rings. The number of hydrogen-bond donors (Lipinski definition) is 1. The van der Waals surface area contributed by atoms with Gasteiger partial charge in [-0.1, -0.05) is 33.1 Å². The predicted molar refractivity (Wildman–Crippen MR) is 90.3 cm³/mol. The third-order valence-corrected chi connectivity index (χ3v) is 7.64. The molecular formula is C19H28N2O4. The minimum Gasteiger partial charge on any atom is -0.467 e. The highest BCUT2D eigenvalue weighted by atomic mass is 16.5. The summed E-state index contributed by atoms with van der Waals surface area (Å²) in [6, 6.07) is -0.507. The first kappa shape index (κ1) is 16.9. The Morgan fingerprint density at radius 2 is 1.76 bits per heavy atom. The Morgan fingerprint density at radius 1 is 1.12 bits per heavy atom. The third kappa shape index (κ3) is 2.12. The standard InChI is InChI=1S/C19H28N2O4/c1-18(2)13-9-21(15(14(13)18)16(23)25-3)17(24)19(20-10-22)11-7-5-4-6-8-12(11)19/h10-15H,4-9H2,1-3H3,(H,20,22)/t11?,12?,13?,14?,15-,19?/m0/s1. The summed E-state index contributed by atoms with van der Waals surface area (Å²) in [5.74, 6) is 0.563. The Bertz CT molecular complexity index is 605. The van der Waals surface area contributed by atoms with Crippen LogP contribution in [0.3, 0.4) is 0 Å². The summed E-state index contributed by atoms with van der Waals surface area (Å²) in [7, 11) is 1.38. The predicted octanol–water partition coefficient (Wildman–Crippen LogP) is 1.34. The van der Waals surface area contributed by atoms with Crippen LogP contribution in [0.5, 0.6) is 0 Å². The van der Waals surface area contributed by atoms with Gasteiger partial charge in [0, 0.05) is 12.5 Å². The van der Waals surface area contributed by atoms with Gasteiger partial charge in [-0.25, -0.2) is 4.79 Å². The van der Waals surface area contributed by atoms with Crippen molar-refractivity contribution in [1.29, 1.82) is 0 Å². The van der Waals surface area contributed by atoms with E-state index in [0.29, 0.717) is 18.9 Å². The van der Waals surface area contributed by atoms with Crippen molar-refractivity contribution in [2.24, 2.45) is 29.1 Å². The number of likely N-dealkylation sites (tertiary alicyclic amines) is 1. The minimum absolute atomic E-state index is 0.0603. The molecule has 25 heavy (non-hydrogen) atoms. The van der Waals surface area contributed by atoms with Gasteiger partial charge in [-0.3, -0.25) is 9.59 Å². The highest BCUT2D eigenvalue weighted by Gasteiger charge is 2.75. The second-order valence-electron chi connectivity index (χ2n) is 8.86. The molecule has 4 fully saturated rings. The van der Waals surface area contributed by atoms with E-state index in [1.807, 2.05) is 0 Å². The average molecular weight is 348 g/mol. The summed E-state index contributed by atoms with van der Waals surface area (Å²) in [5, 5.41) is 2.88. The van der Waals surface area contributed by atoms with Crippen LogP contribution >= 0.6 is 0 Å². The number of esters is 1. The normalized spacial score (nSPS) is 43.3. The van der Waals surface area contributed by atoms with E-state index < -0.39 is 11.6 Å². The first-order chi connectivity index (χ1) is 11.9. The zero-order valence-electron chi connectivity index (χ0n) is 15.3. The molecule has 0 aromatic carbocycles. The van der Waals surface area contributed by atoms with E-state index in [1.165, 1.54) is 13.5 Å². The highest BCUT2D eigenvalue weighted by molar-refractivity contribution is 5.96. The molecule has 3 saturated carbocycles. The molecule has 6 nitrogen and oxygen atoms in total. The fraction of sp³-hybridized carbons (Fsp3) is 0.842. The van der Waals surface area contributed by atoms with E-state index >= 15 is 0 Å². The van der Waals surface area contributed by atoms with Crippen molar-refractivity contribution < 1.29 is 19.1 Å². The quantitative estimate of drug-likeness (QED) is 0.614. The minimum atomic E-state index is -0.782. The molecule has 1 aliphatic heterocycles. The molecule has 4 rings (SSSR count). The summed E-state index contributed by atoms with van der Waals surface area (Å²) in [4.78, 5) is 38.9. The van der Waals surface area contributed by atoms with Gasteiger partial charge in [-0.2, -0.15) is 0 Å². The number of piperidine rings is 1. The molecule has 5 atom stereocenters. The number of rotatable bonds is 4. The van der Waals surface area contributed by atoms with E-state index in [-0.39, 0.29) is 35.0 Å². The molecule has 0 bridgehead atoms. The van der Waals surface area contributed by atoms with Crippen LogP contribution in [0.25, 0.3) is 0 Å². The van der Waals surface area contributed by atoms with Crippen molar-refractivity contribution in [2.75, 3.05) is 13.7 Å². The smallest absolute Gasteiger partial charge is 0.328 e. The van der Waals surface area contributed by atoms with Crippen molar-refractivity contribution in [3.63, 3.8) is 0 Å². The Balaban J connectivity index is 1.61. The van der Waals surface area contributed by atoms with Gasteiger partial charge in [0.15, 0.2) is 0 Å². The Morgan fingerprint density at radius 3 is 2.32 bits per heavy atom. The van der Waals surface area contributed by atoms with Crippen molar-refractivity contribution in [1.82, 2.24) is 10.2 Å². The number of carbonyl (C=O) groups excluding carboxylic acids is 3. The van der Waals surface area contributed by atoms with Gasteiger partial charge < -0.3 is 15.0 Å². The zero-order chi connectivity index (χ0) is 18.0. The van der Waals surface area contributed by atoms with Crippen molar-refractivity contribution in [3.8, 4) is 0 Å². The number of carbonyl (C=O) groups is 3. The third-order valence-electron chi connectivity index (χ3n) is 7.64.